The Hall–Kier alpha value is -2.29. The van der Waals surface area contributed by atoms with Gasteiger partial charge in [-0.05, 0) is 18.4 Å². The van der Waals surface area contributed by atoms with E-state index >= 15 is 0 Å². The van der Waals surface area contributed by atoms with Crippen LogP contribution < -0.4 is 0 Å². The van der Waals surface area contributed by atoms with Gasteiger partial charge in [-0.3, -0.25) is 0 Å². The Morgan fingerprint density at radius 3 is 2.54 bits per heavy atom. The van der Waals surface area contributed by atoms with Gasteiger partial charge < -0.3 is 9.13 Å². The zero-order chi connectivity index (χ0) is 19.7. The Morgan fingerprint density at radius 2 is 1.89 bits per heavy atom. The minimum atomic E-state index is -4.33. The first kappa shape index (κ1) is 19.0. The molecule has 1 aliphatic rings. The van der Waals surface area contributed by atoms with Crippen molar-refractivity contribution in [1.82, 2.24) is 24.3 Å². The number of hydrogen-bond acceptors (Lipinski definition) is 4. The number of thioether (sulfide) groups is 1. The number of hydrogen-bond donors (Lipinski definition) is 0. The molecule has 0 atom stereocenters. The molecule has 0 amide bonds. The zero-order valence-electron chi connectivity index (χ0n) is 15.4. The van der Waals surface area contributed by atoms with Crippen molar-refractivity contribution in [2.24, 2.45) is 7.05 Å². The maximum Gasteiger partial charge on any atom is 0.406 e. The highest BCUT2D eigenvalue weighted by molar-refractivity contribution is 7.98. The first-order chi connectivity index (χ1) is 13.4. The second-order valence-corrected chi connectivity index (χ2v) is 7.89. The highest BCUT2D eigenvalue weighted by atomic mass is 32.2. The number of imidazole rings is 1. The Morgan fingerprint density at radius 1 is 1.14 bits per heavy atom. The predicted octanol–water partition coefficient (Wildman–Crippen LogP) is 4.80. The maximum atomic E-state index is 13.2. The number of nitrogens with zero attached hydrogens (tertiary/aromatic N) is 5. The number of halogens is 3. The van der Waals surface area contributed by atoms with Crippen LogP contribution in [0.1, 0.15) is 36.8 Å². The monoisotopic (exact) mass is 407 g/mol. The summed E-state index contributed by atoms with van der Waals surface area (Å²) in [7, 11) is 1.92. The van der Waals surface area contributed by atoms with Gasteiger partial charge in [0.25, 0.3) is 0 Å². The third-order valence-electron chi connectivity index (χ3n) is 5.03. The molecule has 0 aliphatic heterocycles. The molecule has 5 nitrogen and oxygen atoms in total. The van der Waals surface area contributed by atoms with Crippen molar-refractivity contribution in [3.63, 3.8) is 0 Å². The number of benzene rings is 1. The van der Waals surface area contributed by atoms with Crippen molar-refractivity contribution in [3.8, 4) is 11.3 Å². The van der Waals surface area contributed by atoms with E-state index in [1.807, 2.05) is 17.7 Å². The molecule has 1 aliphatic carbocycles. The van der Waals surface area contributed by atoms with Crippen LogP contribution in [0.25, 0.3) is 11.3 Å². The van der Waals surface area contributed by atoms with Crippen molar-refractivity contribution >= 4 is 11.8 Å². The fourth-order valence-electron chi connectivity index (χ4n) is 3.30. The lowest BCUT2D eigenvalue weighted by atomic mass is 9.85. The van der Waals surface area contributed by atoms with Crippen molar-refractivity contribution in [2.75, 3.05) is 0 Å². The van der Waals surface area contributed by atoms with Crippen molar-refractivity contribution in [2.45, 2.75) is 48.8 Å². The summed E-state index contributed by atoms with van der Waals surface area (Å²) in [6.45, 7) is -1.08. The van der Waals surface area contributed by atoms with E-state index in [-0.39, 0.29) is 0 Å². The number of aromatic nitrogens is 5. The molecule has 148 valence electrons. The average Bonchev–Trinajstić information content (AvgIpc) is 3.16. The molecule has 0 saturated heterocycles. The van der Waals surface area contributed by atoms with E-state index in [1.54, 1.807) is 24.3 Å². The van der Waals surface area contributed by atoms with Crippen LogP contribution in [0.15, 0.2) is 41.7 Å². The van der Waals surface area contributed by atoms with Gasteiger partial charge in [0.2, 0.25) is 0 Å². The summed E-state index contributed by atoms with van der Waals surface area (Å²) in [4.78, 5) is 4.26. The minimum Gasteiger partial charge on any atom is -0.317 e. The zero-order valence-corrected chi connectivity index (χ0v) is 16.2. The second kappa shape index (κ2) is 7.62. The lowest BCUT2D eigenvalue weighted by Crippen LogP contribution is -2.19. The molecule has 0 spiro atoms. The Labute approximate surface area is 165 Å². The van der Waals surface area contributed by atoms with Gasteiger partial charge in [0, 0.05) is 13.0 Å². The normalized spacial score (nSPS) is 15.0. The quantitative estimate of drug-likeness (QED) is 0.551. The van der Waals surface area contributed by atoms with Crippen LogP contribution in [0.4, 0.5) is 13.2 Å². The second-order valence-electron chi connectivity index (χ2n) is 6.94. The Kier molecular flexibility index (Phi) is 5.18. The Bertz CT molecular complexity index is 944. The van der Waals surface area contributed by atoms with Gasteiger partial charge in [-0.1, -0.05) is 48.5 Å². The largest absolute Gasteiger partial charge is 0.406 e. The summed E-state index contributed by atoms with van der Waals surface area (Å²) >= 11 is 1.25. The molecular weight excluding hydrogens is 387 g/mol. The third kappa shape index (κ3) is 3.94. The van der Waals surface area contributed by atoms with Crippen LogP contribution in [0.2, 0.25) is 0 Å². The topological polar surface area (TPSA) is 48.5 Å². The van der Waals surface area contributed by atoms with Crippen molar-refractivity contribution in [1.29, 1.82) is 0 Å². The summed E-state index contributed by atoms with van der Waals surface area (Å²) in [6, 6.07) is 9.00. The van der Waals surface area contributed by atoms with Gasteiger partial charge in [0.1, 0.15) is 18.2 Å². The fourth-order valence-corrected chi connectivity index (χ4v) is 4.25. The SMILES string of the molecule is Cn1c(CSc2ncc(-c3ccccc3)n2CC(F)(F)F)nnc1C1CCC1. The molecule has 28 heavy (non-hydrogen) atoms. The lowest BCUT2D eigenvalue weighted by Gasteiger charge is -2.24. The van der Waals surface area contributed by atoms with E-state index in [2.05, 4.69) is 15.2 Å². The molecule has 0 N–H and O–H groups in total. The molecule has 3 aromatic rings. The molecular formula is C19H20F3N5S. The first-order valence-electron chi connectivity index (χ1n) is 9.11. The highest BCUT2D eigenvalue weighted by Crippen LogP contribution is 2.36. The Balaban J connectivity index is 1.57. The van der Waals surface area contributed by atoms with E-state index in [0.29, 0.717) is 28.1 Å². The predicted molar refractivity (Wildman–Crippen MR) is 101 cm³/mol. The van der Waals surface area contributed by atoms with Crippen LogP contribution in [-0.2, 0) is 19.3 Å². The first-order valence-corrected chi connectivity index (χ1v) is 10.1. The highest BCUT2D eigenvalue weighted by Gasteiger charge is 2.31. The number of alkyl halides is 3. The lowest BCUT2D eigenvalue weighted by molar-refractivity contribution is -0.141. The van der Waals surface area contributed by atoms with Crippen molar-refractivity contribution < 1.29 is 13.2 Å². The van der Waals surface area contributed by atoms with E-state index in [4.69, 9.17) is 0 Å². The summed E-state index contributed by atoms with van der Waals surface area (Å²) in [6.07, 6.45) is 0.616. The van der Waals surface area contributed by atoms with Gasteiger partial charge in [0.05, 0.1) is 17.6 Å². The smallest absolute Gasteiger partial charge is 0.317 e. The minimum absolute atomic E-state index is 0.323. The van der Waals surface area contributed by atoms with Crippen LogP contribution in [0.3, 0.4) is 0 Å². The van der Waals surface area contributed by atoms with Crippen LogP contribution in [0, 0.1) is 0 Å². The fraction of sp³-hybridized carbons (Fsp3) is 0.421. The number of rotatable bonds is 6. The summed E-state index contributed by atoms with van der Waals surface area (Å²) < 4.78 is 42.7. The molecule has 2 heterocycles. The molecule has 1 fully saturated rings. The van der Waals surface area contributed by atoms with Crippen LogP contribution in [0.5, 0.6) is 0 Å². The van der Waals surface area contributed by atoms with E-state index in [0.717, 1.165) is 24.5 Å². The van der Waals surface area contributed by atoms with Crippen molar-refractivity contribution in [3.05, 3.63) is 48.2 Å². The van der Waals surface area contributed by atoms with Crippen LogP contribution in [-0.4, -0.2) is 30.5 Å². The molecule has 0 bridgehead atoms. The summed E-state index contributed by atoms with van der Waals surface area (Å²) in [5, 5.41) is 8.84. The average molecular weight is 407 g/mol. The van der Waals surface area contributed by atoms with E-state index in [1.165, 1.54) is 28.9 Å². The van der Waals surface area contributed by atoms with E-state index in [9.17, 15) is 13.2 Å². The third-order valence-corrected chi connectivity index (χ3v) is 6.01. The maximum absolute atomic E-state index is 13.2. The van der Waals surface area contributed by atoms with Crippen LogP contribution >= 0.6 is 11.8 Å². The molecule has 1 aromatic carbocycles. The molecule has 1 saturated carbocycles. The van der Waals surface area contributed by atoms with Gasteiger partial charge in [-0.15, -0.1) is 10.2 Å². The van der Waals surface area contributed by atoms with E-state index < -0.39 is 12.7 Å². The summed E-state index contributed by atoms with van der Waals surface area (Å²) in [5.74, 6) is 2.58. The molecule has 0 unspecified atom stereocenters. The van der Waals surface area contributed by atoms with Gasteiger partial charge >= 0.3 is 6.18 Å². The van der Waals surface area contributed by atoms with Gasteiger partial charge in [-0.2, -0.15) is 13.2 Å². The van der Waals surface area contributed by atoms with Gasteiger partial charge in [0.15, 0.2) is 5.16 Å². The molecule has 9 heteroatoms. The van der Waals surface area contributed by atoms with Gasteiger partial charge in [-0.25, -0.2) is 4.98 Å². The summed E-state index contributed by atoms with van der Waals surface area (Å²) in [5.41, 5.74) is 1.16. The molecule has 4 rings (SSSR count). The standard InChI is InChI=1S/C19H20F3N5S/c1-26-16(24-25-17(26)14-8-5-9-14)11-28-18-23-10-15(13-6-3-2-4-7-13)27(18)12-19(20,21)22/h2-4,6-7,10,14H,5,8-9,11-12H2,1H3. The molecule has 0 radical (unpaired) electrons. The molecule has 2 aromatic heterocycles.